The van der Waals surface area contributed by atoms with Crippen LogP contribution in [-0.4, -0.2) is 36.5 Å². The topological polar surface area (TPSA) is 32.3 Å². The maximum absolute atomic E-state index is 12.7. The van der Waals surface area contributed by atoms with Crippen molar-refractivity contribution in [3.8, 4) is 0 Å². The molecule has 1 fully saturated rings. The fraction of sp³-hybridized carbons (Fsp3) is 0.611. The third-order valence-electron chi connectivity index (χ3n) is 4.77. The molecule has 1 heterocycles. The molecule has 1 aliphatic heterocycles. The van der Waals surface area contributed by atoms with Crippen LogP contribution < -0.4 is 5.32 Å². The number of hydrogen-bond acceptors (Lipinski definition) is 2. The highest BCUT2D eigenvalue weighted by Crippen LogP contribution is 2.22. The molecule has 3 heteroatoms. The summed E-state index contributed by atoms with van der Waals surface area (Å²) in [5.41, 5.74) is 3.26. The molecule has 1 aromatic rings. The number of rotatable bonds is 4. The Morgan fingerprint density at radius 1 is 1.29 bits per heavy atom. The number of piperidine rings is 1. The molecule has 2 atom stereocenters. The largest absolute Gasteiger partial charge is 0.338 e. The van der Waals surface area contributed by atoms with Gasteiger partial charge in [0.05, 0.1) is 0 Å². The van der Waals surface area contributed by atoms with Crippen LogP contribution in [0.5, 0.6) is 0 Å². The van der Waals surface area contributed by atoms with Crippen LogP contribution in [-0.2, 0) is 0 Å². The summed E-state index contributed by atoms with van der Waals surface area (Å²) in [5.74, 6) is 0.751. The second-order valence-electron chi connectivity index (χ2n) is 6.17. The zero-order valence-electron chi connectivity index (χ0n) is 13.8. The lowest BCUT2D eigenvalue weighted by atomic mass is 9.89. The van der Waals surface area contributed by atoms with E-state index in [1.165, 1.54) is 11.1 Å². The third kappa shape index (κ3) is 3.65. The van der Waals surface area contributed by atoms with E-state index in [2.05, 4.69) is 33.0 Å². The van der Waals surface area contributed by atoms with Crippen LogP contribution in [0.2, 0.25) is 0 Å². The predicted octanol–water partition coefficient (Wildman–Crippen LogP) is 3.15. The lowest BCUT2D eigenvalue weighted by molar-refractivity contribution is 0.0628. The van der Waals surface area contributed by atoms with Gasteiger partial charge in [-0.3, -0.25) is 4.79 Å². The van der Waals surface area contributed by atoms with Gasteiger partial charge >= 0.3 is 0 Å². The van der Waals surface area contributed by atoms with E-state index >= 15 is 0 Å². The first kappa shape index (κ1) is 16.0. The molecular weight excluding hydrogens is 260 g/mol. The minimum Gasteiger partial charge on any atom is -0.338 e. The van der Waals surface area contributed by atoms with E-state index in [1.807, 2.05) is 23.1 Å². The molecule has 116 valence electrons. The van der Waals surface area contributed by atoms with E-state index in [0.717, 1.165) is 38.0 Å². The molecule has 1 aliphatic rings. The summed E-state index contributed by atoms with van der Waals surface area (Å²) in [7, 11) is 0. The highest BCUT2D eigenvalue weighted by molar-refractivity contribution is 5.94. The number of aryl methyl sites for hydroxylation is 2. The van der Waals surface area contributed by atoms with Gasteiger partial charge in [0.15, 0.2) is 0 Å². The summed E-state index contributed by atoms with van der Waals surface area (Å²) in [6, 6.07) is 6.59. The SMILES string of the molecule is CCNC1CCN(C(=O)c2ccc(C)c(C)c2)CC1CC. The van der Waals surface area contributed by atoms with Crippen molar-refractivity contribution < 1.29 is 4.79 Å². The average molecular weight is 288 g/mol. The zero-order valence-corrected chi connectivity index (χ0v) is 13.8. The Bertz CT molecular complexity index is 498. The van der Waals surface area contributed by atoms with Crippen molar-refractivity contribution in [3.05, 3.63) is 34.9 Å². The molecule has 1 aromatic carbocycles. The zero-order chi connectivity index (χ0) is 15.4. The number of nitrogens with zero attached hydrogens (tertiary/aromatic N) is 1. The van der Waals surface area contributed by atoms with Gasteiger partial charge in [0, 0.05) is 24.7 Å². The van der Waals surface area contributed by atoms with Crippen molar-refractivity contribution in [1.82, 2.24) is 10.2 Å². The maximum atomic E-state index is 12.7. The molecule has 1 saturated heterocycles. The fourth-order valence-corrected chi connectivity index (χ4v) is 3.22. The molecule has 1 amide bonds. The van der Waals surface area contributed by atoms with Crippen molar-refractivity contribution in [2.24, 2.45) is 5.92 Å². The van der Waals surface area contributed by atoms with E-state index in [-0.39, 0.29) is 5.91 Å². The minimum absolute atomic E-state index is 0.187. The molecule has 0 aliphatic carbocycles. The highest BCUT2D eigenvalue weighted by atomic mass is 16.2. The Morgan fingerprint density at radius 3 is 2.67 bits per heavy atom. The number of carbonyl (C=O) groups excluding carboxylic acids is 1. The summed E-state index contributed by atoms with van der Waals surface area (Å²) in [6.07, 6.45) is 2.18. The highest BCUT2D eigenvalue weighted by Gasteiger charge is 2.30. The summed E-state index contributed by atoms with van der Waals surface area (Å²) in [4.78, 5) is 14.7. The standard InChI is InChI=1S/C18H28N2O/c1-5-15-12-20(10-9-17(15)19-6-2)18(21)16-8-7-13(3)14(4)11-16/h7-8,11,15,17,19H,5-6,9-10,12H2,1-4H3. The van der Waals surface area contributed by atoms with E-state index < -0.39 is 0 Å². The number of nitrogens with one attached hydrogen (secondary N) is 1. The predicted molar refractivity (Wildman–Crippen MR) is 87.7 cm³/mol. The number of amides is 1. The van der Waals surface area contributed by atoms with Crippen LogP contribution in [0.1, 0.15) is 48.2 Å². The van der Waals surface area contributed by atoms with Gasteiger partial charge < -0.3 is 10.2 Å². The van der Waals surface area contributed by atoms with Gasteiger partial charge in [0.2, 0.25) is 0 Å². The first-order valence-electron chi connectivity index (χ1n) is 8.16. The molecule has 3 nitrogen and oxygen atoms in total. The van der Waals surface area contributed by atoms with E-state index in [0.29, 0.717) is 12.0 Å². The van der Waals surface area contributed by atoms with Crippen LogP contribution in [0, 0.1) is 19.8 Å². The monoisotopic (exact) mass is 288 g/mol. The van der Waals surface area contributed by atoms with Crippen molar-refractivity contribution >= 4 is 5.91 Å². The molecule has 2 unspecified atom stereocenters. The van der Waals surface area contributed by atoms with Gasteiger partial charge in [-0.25, -0.2) is 0 Å². The van der Waals surface area contributed by atoms with E-state index in [1.54, 1.807) is 0 Å². The molecule has 0 radical (unpaired) electrons. The molecule has 2 rings (SSSR count). The van der Waals surface area contributed by atoms with Crippen molar-refractivity contribution in [1.29, 1.82) is 0 Å². The first-order valence-corrected chi connectivity index (χ1v) is 8.16. The van der Waals surface area contributed by atoms with Crippen LogP contribution >= 0.6 is 0 Å². The van der Waals surface area contributed by atoms with Crippen LogP contribution in [0.15, 0.2) is 18.2 Å². The Labute approximate surface area is 128 Å². The lowest BCUT2D eigenvalue weighted by Gasteiger charge is -2.38. The van der Waals surface area contributed by atoms with Gasteiger partial charge in [-0.15, -0.1) is 0 Å². The third-order valence-corrected chi connectivity index (χ3v) is 4.77. The average Bonchev–Trinajstić information content (AvgIpc) is 2.50. The van der Waals surface area contributed by atoms with Crippen molar-refractivity contribution in [2.45, 2.75) is 46.6 Å². The van der Waals surface area contributed by atoms with Gasteiger partial charge in [0.25, 0.3) is 5.91 Å². The Balaban J connectivity index is 2.08. The van der Waals surface area contributed by atoms with E-state index in [4.69, 9.17) is 0 Å². The normalized spacial score (nSPS) is 22.4. The molecule has 21 heavy (non-hydrogen) atoms. The molecule has 0 bridgehead atoms. The number of hydrogen-bond donors (Lipinski definition) is 1. The van der Waals surface area contributed by atoms with Crippen molar-refractivity contribution in [3.63, 3.8) is 0 Å². The van der Waals surface area contributed by atoms with Crippen LogP contribution in [0.25, 0.3) is 0 Å². The summed E-state index contributed by atoms with van der Waals surface area (Å²) >= 11 is 0. The summed E-state index contributed by atoms with van der Waals surface area (Å²) in [5, 5.41) is 3.56. The van der Waals surface area contributed by atoms with E-state index in [9.17, 15) is 4.79 Å². The van der Waals surface area contributed by atoms with Crippen molar-refractivity contribution in [2.75, 3.05) is 19.6 Å². The smallest absolute Gasteiger partial charge is 0.253 e. The van der Waals surface area contributed by atoms with Gasteiger partial charge in [-0.05, 0) is 56.0 Å². The molecular formula is C18H28N2O. The Kier molecular flexibility index (Phi) is 5.40. The Hall–Kier alpha value is -1.35. The van der Waals surface area contributed by atoms with Gasteiger partial charge in [-0.2, -0.15) is 0 Å². The number of carbonyl (C=O) groups is 1. The molecule has 0 spiro atoms. The molecule has 0 aromatic heterocycles. The van der Waals surface area contributed by atoms with Gasteiger partial charge in [0.1, 0.15) is 0 Å². The lowest BCUT2D eigenvalue weighted by Crippen LogP contribution is -2.50. The summed E-state index contributed by atoms with van der Waals surface area (Å²) in [6.45, 7) is 11.3. The number of likely N-dealkylation sites (tertiary alicyclic amines) is 1. The van der Waals surface area contributed by atoms with Gasteiger partial charge in [-0.1, -0.05) is 26.3 Å². The second kappa shape index (κ2) is 7.08. The maximum Gasteiger partial charge on any atom is 0.253 e. The first-order chi connectivity index (χ1) is 10.1. The fourth-order valence-electron chi connectivity index (χ4n) is 3.22. The molecule has 0 saturated carbocycles. The van der Waals surface area contributed by atoms with Crippen LogP contribution in [0.3, 0.4) is 0 Å². The quantitative estimate of drug-likeness (QED) is 0.923. The summed E-state index contributed by atoms with van der Waals surface area (Å²) < 4.78 is 0. The molecule has 1 N–H and O–H groups in total. The second-order valence-corrected chi connectivity index (χ2v) is 6.17. The van der Waals surface area contributed by atoms with Crippen LogP contribution in [0.4, 0.5) is 0 Å². The Morgan fingerprint density at radius 2 is 2.05 bits per heavy atom. The number of benzene rings is 1. The minimum atomic E-state index is 0.187.